The zero-order valence-electron chi connectivity index (χ0n) is 14.7. The molecule has 0 saturated carbocycles. The molecule has 25 heavy (non-hydrogen) atoms. The smallest absolute Gasteiger partial charge is 0.240 e. The Bertz CT molecular complexity index is 841. The van der Waals surface area contributed by atoms with Crippen molar-refractivity contribution in [1.82, 2.24) is 14.9 Å². The van der Waals surface area contributed by atoms with E-state index in [0.29, 0.717) is 12.5 Å². The predicted molar refractivity (Wildman–Crippen MR) is 101 cm³/mol. The van der Waals surface area contributed by atoms with Crippen molar-refractivity contribution in [1.29, 1.82) is 0 Å². The van der Waals surface area contributed by atoms with Gasteiger partial charge in [0.15, 0.2) is 0 Å². The Labute approximate surface area is 148 Å². The largest absolute Gasteiger partial charge is 0.352 e. The number of imidazole rings is 1. The lowest BCUT2D eigenvalue weighted by Gasteiger charge is -2.14. The van der Waals surface area contributed by atoms with Crippen LogP contribution in [0.1, 0.15) is 25.8 Å². The monoisotopic (exact) mass is 336 g/mol. The molecule has 0 spiro atoms. The van der Waals surface area contributed by atoms with Crippen molar-refractivity contribution >= 4 is 22.9 Å². The third kappa shape index (κ3) is 4.18. The Morgan fingerprint density at radius 3 is 2.60 bits per heavy atom. The highest BCUT2D eigenvalue weighted by atomic mass is 16.2. The molecule has 0 bridgehead atoms. The maximum Gasteiger partial charge on any atom is 0.240 e. The Kier molecular flexibility index (Phi) is 5.33. The van der Waals surface area contributed by atoms with E-state index < -0.39 is 0 Å². The molecule has 1 atom stereocenters. The minimum absolute atomic E-state index is 0.000245. The number of para-hydroxylation sites is 2. The number of nitrogens with one attached hydrogen (secondary N) is 2. The second kappa shape index (κ2) is 7.83. The van der Waals surface area contributed by atoms with Gasteiger partial charge in [-0.2, -0.15) is 0 Å². The Hall–Kier alpha value is -2.82. The van der Waals surface area contributed by atoms with Crippen molar-refractivity contribution in [3.05, 3.63) is 60.2 Å². The normalized spacial score (nSPS) is 12.1. The topological polar surface area (TPSA) is 59.0 Å². The predicted octanol–water partition coefficient (Wildman–Crippen LogP) is 3.56. The molecule has 0 aliphatic rings. The Balaban J connectivity index is 1.83. The minimum atomic E-state index is 0.000245. The quantitative estimate of drug-likeness (QED) is 0.693. The first-order valence-corrected chi connectivity index (χ1v) is 8.69. The molecule has 0 aliphatic heterocycles. The van der Waals surface area contributed by atoms with E-state index in [1.165, 1.54) is 5.56 Å². The molecule has 1 amide bonds. The van der Waals surface area contributed by atoms with Gasteiger partial charge in [0.25, 0.3) is 0 Å². The summed E-state index contributed by atoms with van der Waals surface area (Å²) in [6.45, 7) is 4.99. The van der Waals surface area contributed by atoms with Crippen LogP contribution in [0, 0.1) is 0 Å². The SMILES string of the molecule is CCC(C)NC(=O)Cn1c(NCc2ccccc2)nc2ccccc21. The molecule has 2 aromatic carbocycles. The number of benzene rings is 2. The number of aromatic nitrogens is 2. The van der Waals surface area contributed by atoms with Crippen molar-refractivity contribution in [2.24, 2.45) is 0 Å². The number of hydrogen-bond donors (Lipinski definition) is 2. The zero-order valence-corrected chi connectivity index (χ0v) is 14.7. The summed E-state index contributed by atoms with van der Waals surface area (Å²) in [5, 5.41) is 6.38. The van der Waals surface area contributed by atoms with Crippen LogP contribution in [0.15, 0.2) is 54.6 Å². The van der Waals surface area contributed by atoms with Gasteiger partial charge in [0.2, 0.25) is 11.9 Å². The zero-order chi connectivity index (χ0) is 17.6. The van der Waals surface area contributed by atoms with Gasteiger partial charge in [-0.05, 0) is 31.0 Å². The average molecular weight is 336 g/mol. The van der Waals surface area contributed by atoms with E-state index in [1.807, 2.05) is 54.0 Å². The number of amides is 1. The lowest BCUT2D eigenvalue weighted by molar-refractivity contribution is -0.122. The summed E-state index contributed by atoms with van der Waals surface area (Å²) in [5.41, 5.74) is 3.01. The molecule has 3 aromatic rings. The molecule has 5 heteroatoms. The molecular weight excluding hydrogens is 312 g/mol. The first kappa shape index (κ1) is 17.0. The molecule has 0 saturated heterocycles. The summed E-state index contributed by atoms with van der Waals surface area (Å²) < 4.78 is 1.94. The van der Waals surface area contributed by atoms with Crippen LogP contribution in [0.4, 0.5) is 5.95 Å². The standard InChI is InChI=1S/C20H24N4O/c1-3-15(2)22-19(25)14-24-18-12-8-7-11-17(18)23-20(24)21-13-16-9-5-4-6-10-16/h4-12,15H,3,13-14H2,1-2H3,(H,21,23)(H,22,25). The van der Waals surface area contributed by atoms with Crippen molar-refractivity contribution in [2.75, 3.05) is 5.32 Å². The van der Waals surface area contributed by atoms with E-state index in [-0.39, 0.29) is 18.5 Å². The highest BCUT2D eigenvalue weighted by Gasteiger charge is 2.14. The summed E-state index contributed by atoms with van der Waals surface area (Å²) in [5.74, 6) is 0.713. The van der Waals surface area contributed by atoms with Crippen molar-refractivity contribution in [3.63, 3.8) is 0 Å². The van der Waals surface area contributed by atoms with E-state index in [4.69, 9.17) is 0 Å². The van der Waals surface area contributed by atoms with Gasteiger partial charge in [0.05, 0.1) is 11.0 Å². The third-order valence-electron chi connectivity index (χ3n) is 4.27. The first-order chi connectivity index (χ1) is 12.2. The van der Waals surface area contributed by atoms with Gasteiger partial charge in [-0.25, -0.2) is 4.98 Å². The van der Waals surface area contributed by atoms with E-state index in [9.17, 15) is 4.79 Å². The fraction of sp³-hybridized carbons (Fsp3) is 0.300. The molecule has 1 unspecified atom stereocenters. The lowest BCUT2D eigenvalue weighted by atomic mass is 10.2. The summed E-state index contributed by atoms with van der Waals surface area (Å²) in [7, 11) is 0. The lowest BCUT2D eigenvalue weighted by Crippen LogP contribution is -2.34. The number of carbonyl (C=O) groups is 1. The summed E-state index contributed by atoms with van der Waals surface area (Å²) >= 11 is 0. The summed E-state index contributed by atoms with van der Waals surface area (Å²) in [6.07, 6.45) is 0.912. The van der Waals surface area contributed by atoms with E-state index in [2.05, 4.69) is 34.7 Å². The van der Waals surface area contributed by atoms with Crippen molar-refractivity contribution < 1.29 is 4.79 Å². The Morgan fingerprint density at radius 1 is 1.12 bits per heavy atom. The number of anilines is 1. The van der Waals surface area contributed by atoms with Crippen LogP contribution in [0.2, 0.25) is 0 Å². The number of hydrogen-bond acceptors (Lipinski definition) is 3. The molecular formula is C20H24N4O. The van der Waals surface area contributed by atoms with Crippen LogP contribution in [0.25, 0.3) is 11.0 Å². The summed E-state index contributed by atoms with van der Waals surface area (Å²) in [6, 6.07) is 18.2. The first-order valence-electron chi connectivity index (χ1n) is 8.69. The third-order valence-corrected chi connectivity index (χ3v) is 4.27. The summed E-state index contributed by atoms with van der Waals surface area (Å²) in [4.78, 5) is 17.0. The molecule has 3 rings (SSSR count). The molecule has 0 radical (unpaired) electrons. The van der Waals surface area contributed by atoms with Crippen molar-refractivity contribution in [2.45, 2.75) is 39.4 Å². The van der Waals surface area contributed by atoms with Gasteiger partial charge in [0, 0.05) is 12.6 Å². The fourth-order valence-electron chi connectivity index (χ4n) is 2.71. The van der Waals surface area contributed by atoms with Crippen molar-refractivity contribution in [3.8, 4) is 0 Å². The molecule has 130 valence electrons. The number of nitrogens with zero attached hydrogens (tertiary/aromatic N) is 2. The number of rotatable bonds is 7. The molecule has 1 aromatic heterocycles. The van der Waals surface area contributed by atoms with Gasteiger partial charge in [-0.15, -0.1) is 0 Å². The maximum absolute atomic E-state index is 12.4. The molecule has 5 nitrogen and oxygen atoms in total. The molecule has 2 N–H and O–H groups in total. The van der Waals surface area contributed by atoms with Gasteiger partial charge in [0.1, 0.15) is 6.54 Å². The second-order valence-electron chi connectivity index (χ2n) is 6.23. The number of fused-ring (bicyclic) bond motifs is 1. The van der Waals surface area contributed by atoms with Crippen LogP contribution in [0.3, 0.4) is 0 Å². The van der Waals surface area contributed by atoms with Crippen LogP contribution in [-0.2, 0) is 17.9 Å². The second-order valence-corrected chi connectivity index (χ2v) is 6.23. The van der Waals surface area contributed by atoms with E-state index >= 15 is 0 Å². The van der Waals surface area contributed by atoms with Gasteiger partial charge in [-0.3, -0.25) is 4.79 Å². The van der Waals surface area contributed by atoms with Gasteiger partial charge < -0.3 is 15.2 Å². The van der Waals surface area contributed by atoms with E-state index in [0.717, 1.165) is 17.5 Å². The van der Waals surface area contributed by atoms with Gasteiger partial charge in [-0.1, -0.05) is 49.4 Å². The number of carbonyl (C=O) groups excluding carboxylic acids is 1. The average Bonchev–Trinajstić information content (AvgIpc) is 2.98. The van der Waals surface area contributed by atoms with Gasteiger partial charge >= 0.3 is 0 Å². The molecule has 0 aliphatic carbocycles. The van der Waals surface area contributed by atoms with Crippen LogP contribution >= 0.6 is 0 Å². The molecule has 1 heterocycles. The molecule has 0 fully saturated rings. The van der Waals surface area contributed by atoms with Crippen LogP contribution < -0.4 is 10.6 Å². The highest BCUT2D eigenvalue weighted by molar-refractivity contribution is 5.83. The Morgan fingerprint density at radius 2 is 1.84 bits per heavy atom. The maximum atomic E-state index is 12.4. The van der Waals surface area contributed by atoms with Crippen LogP contribution in [0.5, 0.6) is 0 Å². The van der Waals surface area contributed by atoms with E-state index in [1.54, 1.807) is 0 Å². The minimum Gasteiger partial charge on any atom is -0.352 e. The fourth-order valence-corrected chi connectivity index (χ4v) is 2.71. The highest BCUT2D eigenvalue weighted by Crippen LogP contribution is 2.20. The van der Waals surface area contributed by atoms with Crippen LogP contribution in [-0.4, -0.2) is 21.5 Å².